The van der Waals surface area contributed by atoms with Gasteiger partial charge in [0.25, 0.3) is 0 Å². The third-order valence-corrected chi connectivity index (χ3v) is 4.18. The second-order valence-corrected chi connectivity index (χ2v) is 6.82. The molecule has 0 spiro atoms. The maximum absolute atomic E-state index is 11.5. The van der Waals surface area contributed by atoms with Crippen molar-refractivity contribution in [2.75, 3.05) is 11.1 Å². The highest BCUT2D eigenvalue weighted by Gasteiger charge is 2.38. The lowest BCUT2D eigenvalue weighted by molar-refractivity contribution is -0.192. The molecule has 0 fully saturated rings. The molecule has 1 amide bonds. The molecule has 0 unspecified atom stereocenters. The van der Waals surface area contributed by atoms with Crippen molar-refractivity contribution in [2.24, 2.45) is 0 Å². The summed E-state index contributed by atoms with van der Waals surface area (Å²) in [5, 5.41) is 19.6. The lowest BCUT2D eigenvalue weighted by Gasteiger charge is -2.12. The van der Waals surface area contributed by atoms with Crippen molar-refractivity contribution in [1.29, 1.82) is 0 Å². The Morgan fingerprint density at radius 2 is 1.67 bits per heavy atom. The Hall–Kier alpha value is -4.06. The first kappa shape index (κ1) is 25.2. The number of hydrogen-bond donors (Lipinski definition) is 4. The van der Waals surface area contributed by atoms with E-state index in [9.17, 15) is 27.9 Å². The fourth-order valence-corrected chi connectivity index (χ4v) is 2.63. The summed E-state index contributed by atoms with van der Waals surface area (Å²) in [4.78, 5) is 36.0. The lowest BCUT2D eigenvalue weighted by Crippen LogP contribution is -2.21. The molecule has 0 saturated heterocycles. The van der Waals surface area contributed by atoms with E-state index in [1.54, 1.807) is 30.5 Å². The molecule has 3 rings (SSSR count). The van der Waals surface area contributed by atoms with E-state index in [2.05, 4.69) is 10.3 Å². The van der Waals surface area contributed by atoms with Crippen molar-refractivity contribution in [3.8, 4) is 16.9 Å². The van der Waals surface area contributed by atoms with E-state index in [0.717, 1.165) is 5.56 Å². The van der Waals surface area contributed by atoms with Gasteiger partial charge in [-0.05, 0) is 30.3 Å². The minimum absolute atomic E-state index is 0.0650. The van der Waals surface area contributed by atoms with Crippen LogP contribution in [0.3, 0.4) is 0 Å². The van der Waals surface area contributed by atoms with Crippen LogP contribution in [0.4, 0.5) is 24.8 Å². The van der Waals surface area contributed by atoms with Crippen molar-refractivity contribution in [3.05, 3.63) is 59.2 Å². The number of alkyl halides is 3. The Morgan fingerprint density at radius 1 is 1.09 bits per heavy atom. The molecule has 9 nitrogen and oxygen atoms in total. The molecule has 0 aliphatic heterocycles. The zero-order valence-corrected chi connectivity index (χ0v) is 17.5. The molecule has 1 aromatic heterocycles. The molecule has 0 atom stereocenters. The quantitative estimate of drug-likeness (QED) is 0.436. The molecule has 3 aromatic rings. The second-order valence-electron chi connectivity index (χ2n) is 6.38. The minimum atomic E-state index is -5.08. The number of nitrogens with one attached hydrogen (secondary N) is 1. The number of amides is 1. The van der Waals surface area contributed by atoms with E-state index < -0.39 is 18.1 Å². The van der Waals surface area contributed by atoms with E-state index in [0.29, 0.717) is 22.1 Å². The Morgan fingerprint density at radius 3 is 2.15 bits per heavy atom. The van der Waals surface area contributed by atoms with Crippen LogP contribution < -0.4 is 11.1 Å². The molecule has 2 aromatic carbocycles. The van der Waals surface area contributed by atoms with Crippen LogP contribution >= 0.6 is 11.6 Å². The zero-order valence-electron chi connectivity index (χ0n) is 16.7. The molecule has 0 aliphatic carbocycles. The third-order valence-electron chi connectivity index (χ3n) is 3.93. The van der Waals surface area contributed by atoms with E-state index in [4.69, 9.17) is 27.2 Å². The number of nitrogens with zero attached hydrogens (tertiary/aromatic N) is 2. The maximum Gasteiger partial charge on any atom is 0.490 e. The number of benzene rings is 2. The fraction of sp³-hybridized carbons (Fsp3) is 0.100. The largest absolute Gasteiger partial charge is 0.490 e. The lowest BCUT2D eigenvalue weighted by atomic mass is 10.1. The van der Waals surface area contributed by atoms with Gasteiger partial charge in [-0.3, -0.25) is 9.36 Å². The Labute approximate surface area is 189 Å². The molecule has 0 saturated carbocycles. The SMILES string of the molecule is CC(=O)Nc1ccc(C(=O)O)cc1-n1cc(-c2ccc(Cl)cc2)nc1N.O=C(O)C(F)(F)F. The van der Waals surface area contributed by atoms with Gasteiger partial charge in [-0.15, -0.1) is 0 Å². The number of anilines is 2. The molecule has 13 heteroatoms. The van der Waals surface area contributed by atoms with Crippen LogP contribution in [0.25, 0.3) is 16.9 Å². The summed E-state index contributed by atoms with van der Waals surface area (Å²) >= 11 is 5.90. The molecular weight excluding hydrogens is 469 g/mol. The molecule has 174 valence electrons. The van der Waals surface area contributed by atoms with Crippen molar-refractivity contribution in [2.45, 2.75) is 13.1 Å². The monoisotopic (exact) mass is 484 g/mol. The highest BCUT2D eigenvalue weighted by molar-refractivity contribution is 6.30. The van der Waals surface area contributed by atoms with Gasteiger partial charge in [0.2, 0.25) is 11.9 Å². The van der Waals surface area contributed by atoms with E-state index in [1.165, 1.54) is 29.7 Å². The van der Waals surface area contributed by atoms with Crippen molar-refractivity contribution in [3.63, 3.8) is 0 Å². The number of aromatic nitrogens is 2. The summed E-state index contributed by atoms with van der Waals surface area (Å²) in [6.07, 6.45) is -3.41. The van der Waals surface area contributed by atoms with Gasteiger partial charge in [-0.1, -0.05) is 23.7 Å². The van der Waals surface area contributed by atoms with Crippen LogP contribution in [0.15, 0.2) is 48.7 Å². The number of carbonyl (C=O) groups is 3. The number of nitrogens with two attached hydrogens (primary N) is 1. The normalized spacial score (nSPS) is 10.7. The standard InChI is InChI=1S/C18H15ClN4O3.C2HF3O2/c1-10(24)21-14-7-4-12(17(25)26)8-16(14)23-9-15(22-18(23)20)11-2-5-13(19)6-3-11;3-2(4,5)1(6)7/h2-9H,1H3,(H2,20,22)(H,21,24)(H,25,26);(H,6,7). The number of rotatable bonds is 4. The molecule has 0 bridgehead atoms. The summed E-state index contributed by atoms with van der Waals surface area (Å²) in [7, 11) is 0. The van der Waals surface area contributed by atoms with E-state index in [-0.39, 0.29) is 17.4 Å². The van der Waals surface area contributed by atoms with Gasteiger partial charge in [0.1, 0.15) is 0 Å². The summed E-state index contributed by atoms with van der Waals surface area (Å²) in [5.41, 5.74) is 8.32. The zero-order chi connectivity index (χ0) is 24.9. The van der Waals surface area contributed by atoms with Crippen LogP contribution in [0.5, 0.6) is 0 Å². The van der Waals surface area contributed by atoms with Crippen molar-refractivity contribution < 1.29 is 37.8 Å². The van der Waals surface area contributed by atoms with Gasteiger partial charge < -0.3 is 21.3 Å². The first-order valence-corrected chi connectivity index (χ1v) is 9.23. The number of carbonyl (C=O) groups excluding carboxylic acids is 1. The molecule has 0 aliphatic rings. The fourth-order valence-electron chi connectivity index (χ4n) is 2.51. The number of carboxylic acids is 2. The highest BCUT2D eigenvalue weighted by atomic mass is 35.5. The molecule has 5 N–H and O–H groups in total. The van der Waals surface area contributed by atoms with Gasteiger partial charge in [0, 0.05) is 23.7 Å². The van der Waals surface area contributed by atoms with Gasteiger partial charge >= 0.3 is 18.1 Å². The van der Waals surface area contributed by atoms with Crippen LogP contribution in [0, 0.1) is 0 Å². The van der Waals surface area contributed by atoms with E-state index in [1.807, 2.05) is 0 Å². The van der Waals surface area contributed by atoms with Gasteiger partial charge in [-0.2, -0.15) is 13.2 Å². The van der Waals surface area contributed by atoms with Crippen LogP contribution in [-0.2, 0) is 9.59 Å². The van der Waals surface area contributed by atoms with Gasteiger partial charge in [-0.25, -0.2) is 14.6 Å². The number of hydrogen-bond acceptors (Lipinski definition) is 5. The number of nitrogen functional groups attached to an aromatic ring is 1. The second kappa shape index (κ2) is 10.0. The van der Waals surface area contributed by atoms with Crippen LogP contribution in [0.2, 0.25) is 5.02 Å². The Kier molecular flexibility index (Phi) is 7.67. The average molecular weight is 485 g/mol. The predicted octanol–water partition coefficient (Wildman–Crippen LogP) is 4.06. The molecule has 0 radical (unpaired) electrons. The summed E-state index contributed by atoms with van der Waals surface area (Å²) in [6, 6.07) is 11.4. The highest BCUT2D eigenvalue weighted by Crippen LogP contribution is 2.28. The summed E-state index contributed by atoms with van der Waals surface area (Å²) in [6.45, 7) is 1.37. The number of imidazole rings is 1. The van der Waals surface area contributed by atoms with Crippen LogP contribution in [-0.4, -0.2) is 43.8 Å². The van der Waals surface area contributed by atoms with E-state index >= 15 is 0 Å². The van der Waals surface area contributed by atoms with Crippen molar-refractivity contribution in [1.82, 2.24) is 9.55 Å². The van der Waals surface area contributed by atoms with Gasteiger partial charge in [0.15, 0.2) is 0 Å². The first-order chi connectivity index (χ1) is 15.3. The molecule has 33 heavy (non-hydrogen) atoms. The maximum atomic E-state index is 11.5. The topological polar surface area (TPSA) is 148 Å². The smallest absolute Gasteiger partial charge is 0.478 e. The summed E-state index contributed by atoms with van der Waals surface area (Å²) in [5.74, 6) is -3.97. The number of aromatic carboxylic acids is 1. The number of aliphatic carboxylic acids is 1. The first-order valence-electron chi connectivity index (χ1n) is 8.85. The Balaban J connectivity index is 0.000000479. The predicted molar refractivity (Wildman–Crippen MR) is 113 cm³/mol. The molecule has 1 heterocycles. The van der Waals surface area contributed by atoms with Crippen LogP contribution in [0.1, 0.15) is 17.3 Å². The Bertz CT molecular complexity index is 1190. The number of carboxylic acid groups (broad SMARTS) is 2. The number of halogens is 4. The molecular formula is C20H16ClF3N4O5. The van der Waals surface area contributed by atoms with Crippen molar-refractivity contribution >= 4 is 41.1 Å². The van der Waals surface area contributed by atoms with Gasteiger partial charge in [0.05, 0.1) is 22.6 Å². The average Bonchev–Trinajstić information content (AvgIpc) is 3.09. The third kappa shape index (κ3) is 6.71. The summed E-state index contributed by atoms with van der Waals surface area (Å²) < 4.78 is 33.3. The minimum Gasteiger partial charge on any atom is -0.478 e.